The highest BCUT2D eigenvalue weighted by Crippen LogP contribution is 2.22. The number of sulfonamides is 1. The van der Waals surface area contributed by atoms with E-state index in [4.69, 9.17) is 0 Å². The molecule has 1 aromatic heterocycles. The molecule has 17 heavy (non-hydrogen) atoms. The van der Waals surface area contributed by atoms with E-state index < -0.39 is 10.0 Å². The molecular formula is C11H19N3O2S. The van der Waals surface area contributed by atoms with Crippen LogP contribution in [0.15, 0.2) is 11.1 Å². The average Bonchev–Trinajstić information content (AvgIpc) is 2.55. The zero-order valence-electron chi connectivity index (χ0n) is 10.4. The third-order valence-electron chi connectivity index (χ3n) is 3.37. The van der Waals surface area contributed by atoms with Crippen LogP contribution in [-0.4, -0.2) is 35.6 Å². The van der Waals surface area contributed by atoms with Gasteiger partial charge in [0, 0.05) is 20.1 Å². The molecule has 0 aromatic carbocycles. The maximum absolute atomic E-state index is 12.4. The molecule has 1 aromatic rings. The Bertz CT molecular complexity index is 485. The second-order valence-electron chi connectivity index (χ2n) is 4.54. The standard InChI is InChI=1S/C11H19N3O2S/c1-10-11(9-12-13(10)2)17(15,16)14-7-5-3-4-6-8-14/h9H,3-8H2,1-2H3. The minimum Gasteiger partial charge on any atom is -0.272 e. The van der Waals surface area contributed by atoms with E-state index >= 15 is 0 Å². The Morgan fingerprint density at radius 2 is 1.76 bits per heavy atom. The number of aryl methyl sites for hydroxylation is 1. The lowest BCUT2D eigenvalue weighted by molar-refractivity contribution is 0.423. The Balaban J connectivity index is 2.32. The molecule has 0 amide bonds. The average molecular weight is 257 g/mol. The van der Waals surface area contributed by atoms with Gasteiger partial charge in [0.1, 0.15) is 4.90 Å². The van der Waals surface area contributed by atoms with Gasteiger partial charge >= 0.3 is 0 Å². The molecule has 1 fully saturated rings. The number of aromatic nitrogens is 2. The summed E-state index contributed by atoms with van der Waals surface area (Å²) in [4.78, 5) is 0.349. The molecule has 0 radical (unpaired) electrons. The molecule has 1 saturated heterocycles. The number of hydrogen-bond donors (Lipinski definition) is 0. The first-order chi connectivity index (χ1) is 8.03. The van der Waals surface area contributed by atoms with Crippen molar-refractivity contribution < 1.29 is 8.42 Å². The topological polar surface area (TPSA) is 55.2 Å². The first kappa shape index (κ1) is 12.6. The molecule has 0 aliphatic carbocycles. The highest BCUT2D eigenvalue weighted by molar-refractivity contribution is 7.89. The fraction of sp³-hybridized carbons (Fsp3) is 0.727. The third kappa shape index (κ3) is 2.37. The quantitative estimate of drug-likeness (QED) is 0.802. The van der Waals surface area contributed by atoms with Crippen molar-refractivity contribution in [1.29, 1.82) is 0 Å². The molecule has 96 valence electrons. The largest absolute Gasteiger partial charge is 0.272 e. The van der Waals surface area contributed by atoms with Gasteiger partial charge in [-0.1, -0.05) is 12.8 Å². The van der Waals surface area contributed by atoms with Gasteiger partial charge in [-0.25, -0.2) is 8.42 Å². The van der Waals surface area contributed by atoms with E-state index in [9.17, 15) is 8.42 Å². The zero-order chi connectivity index (χ0) is 12.5. The molecular weight excluding hydrogens is 238 g/mol. The van der Waals surface area contributed by atoms with Gasteiger partial charge in [-0.3, -0.25) is 4.68 Å². The maximum Gasteiger partial charge on any atom is 0.246 e. The van der Waals surface area contributed by atoms with Gasteiger partial charge in [-0.2, -0.15) is 9.40 Å². The summed E-state index contributed by atoms with van der Waals surface area (Å²) in [5.74, 6) is 0. The molecule has 0 spiro atoms. The van der Waals surface area contributed by atoms with Crippen LogP contribution in [0.5, 0.6) is 0 Å². The molecule has 1 aliphatic rings. The van der Waals surface area contributed by atoms with Crippen LogP contribution in [0.4, 0.5) is 0 Å². The van der Waals surface area contributed by atoms with Crippen molar-refractivity contribution in [3.05, 3.63) is 11.9 Å². The fourth-order valence-corrected chi connectivity index (χ4v) is 3.86. The van der Waals surface area contributed by atoms with Crippen molar-refractivity contribution in [2.24, 2.45) is 7.05 Å². The van der Waals surface area contributed by atoms with Crippen LogP contribution in [0, 0.1) is 6.92 Å². The summed E-state index contributed by atoms with van der Waals surface area (Å²) in [6.07, 6.45) is 5.61. The summed E-state index contributed by atoms with van der Waals surface area (Å²) < 4.78 is 28.1. The Hall–Kier alpha value is -0.880. The smallest absolute Gasteiger partial charge is 0.246 e. The van der Waals surface area contributed by atoms with Crippen molar-refractivity contribution in [3.63, 3.8) is 0 Å². The molecule has 0 unspecified atom stereocenters. The van der Waals surface area contributed by atoms with Crippen LogP contribution < -0.4 is 0 Å². The molecule has 0 N–H and O–H groups in total. The van der Waals surface area contributed by atoms with Crippen LogP contribution >= 0.6 is 0 Å². The predicted molar refractivity (Wildman–Crippen MR) is 65.2 cm³/mol. The molecule has 6 heteroatoms. The summed E-state index contributed by atoms with van der Waals surface area (Å²) in [6.45, 7) is 3.06. The van der Waals surface area contributed by atoms with E-state index in [0.29, 0.717) is 23.7 Å². The highest BCUT2D eigenvalue weighted by Gasteiger charge is 2.28. The van der Waals surface area contributed by atoms with Gasteiger partial charge in [0.2, 0.25) is 10.0 Å². The lowest BCUT2D eigenvalue weighted by Crippen LogP contribution is -2.32. The summed E-state index contributed by atoms with van der Waals surface area (Å²) in [5, 5.41) is 4.01. The van der Waals surface area contributed by atoms with E-state index in [-0.39, 0.29) is 0 Å². The second kappa shape index (κ2) is 4.78. The number of rotatable bonds is 2. The van der Waals surface area contributed by atoms with Gasteiger partial charge < -0.3 is 0 Å². The summed E-state index contributed by atoms with van der Waals surface area (Å²) in [7, 11) is -1.58. The van der Waals surface area contributed by atoms with E-state index in [0.717, 1.165) is 25.7 Å². The van der Waals surface area contributed by atoms with Crippen molar-refractivity contribution in [1.82, 2.24) is 14.1 Å². The highest BCUT2D eigenvalue weighted by atomic mass is 32.2. The van der Waals surface area contributed by atoms with Gasteiger partial charge in [-0.05, 0) is 19.8 Å². The summed E-state index contributed by atoms with van der Waals surface area (Å²) in [5.41, 5.74) is 0.703. The fourth-order valence-electron chi connectivity index (χ4n) is 2.15. The minimum absolute atomic E-state index is 0.349. The normalized spacial score (nSPS) is 19.2. The van der Waals surface area contributed by atoms with Crippen molar-refractivity contribution in [2.45, 2.75) is 37.5 Å². The van der Waals surface area contributed by atoms with Crippen LogP contribution in [0.1, 0.15) is 31.4 Å². The van der Waals surface area contributed by atoms with Crippen molar-refractivity contribution >= 4 is 10.0 Å². The molecule has 0 bridgehead atoms. The Morgan fingerprint density at radius 1 is 1.18 bits per heavy atom. The molecule has 2 rings (SSSR count). The lowest BCUT2D eigenvalue weighted by Gasteiger charge is -2.19. The number of hydrogen-bond acceptors (Lipinski definition) is 3. The lowest BCUT2D eigenvalue weighted by atomic mass is 10.2. The summed E-state index contributed by atoms with van der Waals surface area (Å²) >= 11 is 0. The van der Waals surface area contributed by atoms with Gasteiger partial charge in [0.05, 0.1) is 11.9 Å². The maximum atomic E-state index is 12.4. The summed E-state index contributed by atoms with van der Waals surface area (Å²) in [6, 6.07) is 0. The predicted octanol–water partition coefficient (Wildman–Crippen LogP) is 1.29. The van der Waals surface area contributed by atoms with Crippen molar-refractivity contribution in [3.8, 4) is 0 Å². The van der Waals surface area contributed by atoms with E-state index in [1.54, 1.807) is 23.0 Å². The molecule has 5 nitrogen and oxygen atoms in total. The second-order valence-corrected chi connectivity index (χ2v) is 6.44. The van der Waals surface area contributed by atoms with Crippen LogP contribution in [0.2, 0.25) is 0 Å². The first-order valence-corrected chi connectivity index (χ1v) is 7.46. The van der Waals surface area contributed by atoms with Crippen LogP contribution in [0.25, 0.3) is 0 Å². The monoisotopic (exact) mass is 257 g/mol. The van der Waals surface area contributed by atoms with Gasteiger partial charge in [-0.15, -0.1) is 0 Å². The minimum atomic E-state index is -3.35. The molecule has 2 heterocycles. The van der Waals surface area contributed by atoms with E-state index in [1.807, 2.05) is 0 Å². The first-order valence-electron chi connectivity index (χ1n) is 6.02. The third-order valence-corrected chi connectivity index (χ3v) is 5.37. The Labute approximate surface area is 102 Å². The van der Waals surface area contributed by atoms with Gasteiger partial charge in [0.25, 0.3) is 0 Å². The Kier molecular flexibility index (Phi) is 3.53. The molecule has 1 aliphatic heterocycles. The molecule has 0 saturated carbocycles. The van der Waals surface area contributed by atoms with Gasteiger partial charge in [0.15, 0.2) is 0 Å². The Morgan fingerprint density at radius 3 is 2.24 bits per heavy atom. The number of nitrogens with zero attached hydrogens (tertiary/aromatic N) is 3. The van der Waals surface area contributed by atoms with Crippen molar-refractivity contribution in [2.75, 3.05) is 13.1 Å². The van der Waals surface area contributed by atoms with E-state index in [2.05, 4.69) is 5.10 Å². The molecule has 0 atom stereocenters. The van der Waals surface area contributed by atoms with Crippen LogP contribution in [-0.2, 0) is 17.1 Å². The van der Waals surface area contributed by atoms with Crippen LogP contribution in [0.3, 0.4) is 0 Å². The zero-order valence-corrected chi connectivity index (χ0v) is 11.2. The van der Waals surface area contributed by atoms with E-state index in [1.165, 1.54) is 6.20 Å². The SMILES string of the molecule is Cc1c(S(=O)(=O)N2CCCCCC2)cnn1C.